The Balaban J connectivity index is 1.41. The second-order valence-corrected chi connectivity index (χ2v) is 10.1. The van der Waals surface area contributed by atoms with Crippen molar-refractivity contribution in [2.45, 2.75) is 43.4 Å². The maximum Gasteiger partial charge on any atom is 0.257 e. The van der Waals surface area contributed by atoms with Crippen LogP contribution in [-0.4, -0.2) is 35.1 Å². The highest BCUT2D eigenvalue weighted by atomic mass is 32.2. The van der Waals surface area contributed by atoms with Gasteiger partial charge in [-0.1, -0.05) is 30.0 Å². The van der Waals surface area contributed by atoms with Crippen molar-refractivity contribution in [2.24, 2.45) is 0 Å². The minimum atomic E-state index is -0.491. The monoisotopic (exact) mass is 499 g/mol. The molecule has 2 N–H and O–H groups in total. The number of nitrogens with zero attached hydrogens (tertiary/aromatic N) is 3. The van der Waals surface area contributed by atoms with Crippen molar-refractivity contribution in [3.05, 3.63) is 77.5 Å². The van der Waals surface area contributed by atoms with E-state index in [2.05, 4.69) is 26.6 Å². The van der Waals surface area contributed by atoms with Crippen LogP contribution in [0.4, 0.5) is 17.1 Å². The Morgan fingerprint density at radius 3 is 2.33 bits per heavy atom. The van der Waals surface area contributed by atoms with E-state index in [0.29, 0.717) is 22.0 Å². The number of para-hydroxylation sites is 1. The minimum Gasteiger partial charge on any atom is -0.372 e. The Bertz CT molecular complexity index is 1270. The van der Waals surface area contributed by atoms with Gasteiger partial charge in [-0.05, 0) is 75.6 Å². The van der Waals surface area contributed by atoms with Crippen molar-refractivity contribution < 1.29 is 9.59 Å². The zero-order chi connectivity index (χ0) is 25.5. The standard InChI is InChI=1S/C28H29N5O2S/c1-19-25(27(35)32-22-9-5-3-6-10-22)17-21(18-29)28(30-19)36-20(2)26(34)31-23-11-13-24(14-12-23)33-15-7-4-8-16-33/h3,5-6,9-14,17,20H,4,7-8,15-16H2,1-2H3,(H,31,34)(H,32,35). The molecule has 1 fully saturated rings. The van der Waals surface area contributed by atoms with Gasteiger partial charge < -0.3 is 15.5 Å². The van der Waals surface area contributed by atoms with Crippen LogP contribution >= 0.6 is 11.8 Å². The zero-order valence-electron chi connectivity index (χ0n) is 20.5. The van der Waals surface area contributed by atoms with Gasteiger partial charge in [0.15, 0.2) is 0 Å². The average molecular weight is 500 g/mol. The first kappa shape index (κ1) is 25.3. The fraction of sp³-hybridized carbons (Fsp3) is 0.286. The van der Waals surface area contributed by atoms with Gasteiger partial charge in [0.05, 0.1) is 22.1 Å². The number of hydrogen-bond donors (Lipinski definition) is 2. The third-order valence-electron chi connectivity index (χ3n) is 6.09. The third kappa shape index (κ3) is 6.23. The topological polar surface area (TPSA) is 98.1 Å². The number of thioether (sulfide) groups is 1. The fourth-order valence-electron chi connectivity index (χ4n) is 4.08. The highest BCUT2D eigenvalue weighted by Crippen LogP contribution is 2.28. The van der Waals surface area contributed by atoms with E-state index in [-0.39, 0.29) is 17.4 Å². The summed E-state index contributed by atoms with van der Waals surface area (Å²) in [4.78, 5) is 32.5. The maximum atomic E-state index is 12.8. The molecule has 1 atom stereocenters. The van der Waals surface area contributed by atoms with Crippen LogP contribution in [0.5, 0.6) is 0 Å². The van der Waals surface area contributed by atoms with Crippen LogP contribution in [0.15, 0.2) is 65.7 Å². The summed E-state index contributed by atoms with van der Waals surface area (Å²) in [6.07, 6.45) is 3.71. The second-order valence-electron chi connectivity index (χ2n) is 8.75. The molecule has 1 unspecified atom stereocenters. The number of carbonyl (C=O) groups is 2. The average Bonchev–Trinajstić information content (AvgIpc) is 2.90. The molecule has 0 radical (unpaired) electrons. The number of amides is 2. The molecule has 0 aliphatic carbocycles. The van der Waals surface area contributed by atoms with Gasteiger partial charge in [0.2, 0.25) is 5.91 Å². The van der Waals surface area contributed by atoms with Crippen LogP contribution in [0, 0.1) is 18.3 Å². The van der Waals surface area contributed by atoms with E-state index in [0.717, 1.165) is 18.8 Å². The molecule has 36 heavy (non-hydrogen) atoms. The Labute approximate surface area is 215 Å². The molecule has 184 valence electrons. The summed E-state index contributed by atoms with van der Waals surface area (Å²) in [5.74, 6) is -0.516. The molecule has 1 aliphatic heterocycles. The molecule has 2 heterocycles. The lowest BCUT2D eigenvalue weighted by Crippen LogP contribution is -2.29. The fourth-order valence-corrected chi connectivity index (χ4v) is 5.00. The van der Waals surface area contributed by atoms with E-state index in [4.69, 9.17) is 0 Å². The lowest BCUT2D eigenvalue weighted by atomic mass is 10.1. The van der Waals surface area contributed by atoms with Gasteiger partial charge in [0.25, 0.3) is 5.91 Å². The van der Waals surface area contributed by atoms with Crippen molar-refractivity contribution in [3.8, 4) is 6.07 Å². The van der Waals surface area contributed by atoms with Gasteiger partial charge in [-0.25, -0.2) is 4.98 Å². The number of aromatic nitrogens is 1. The number of piperidine rings is 1. The molecule has 1 aliphatic rings. The molecule has 7 nitrogen and oxygen atoms in total. The number of anilines is 3. The molecule has 3 aromatic rings. The largest absolute Gasteiger partial charge is 0.372 e. The molecule has 0 bridgehead atoms. The molecule has 4 rings (SSSR count). The van der Waals surface area contributed by atoms with Crippen molar-refractivity contribution in [1.29, 1.82) is 5.26 Å². The highest BCUT2D eigenvalue weighted by Gasteiger charge is 2.21. The van der Waals surface area contributed by atoms with E-state index < -0.39 is 5.25 Å². The number of carbonyl (C=O) groups excluding carboxylic acids is 2. The molecule has 0 saturated carbocycles. The quantitative estimate of drug-likeness (QED) is 0.409. The number of pyridine rings is 1. The number of rotatable bonds is 7. The Morgan fingerprint density at radius 2 is 1.67 bits per heavy atom. The first-order valence-corrected chi connectivity index (χ1v) is 12.9. The first-order valence-electron chi connectivity index (χ1n) is 12.1. The Kier molecular flexibility index (Phi) is 8.24. The van der Waals surface area contributed by atoms with Crippen molar-refractivity contribution in [3.63, 3.8) is 0 Å². The molecule has 2 amide bonds. The predicted octanol–water partition coefficient (Wildman–Crippen LogP) is 5.62. The predicted molar refractivity (Wildman–Crippen MR) is 145 cm³/mol. The summed E-state index contributed by atoms with van der Waals surface area (Å²) >= 11 is 1.20. The first-order chi connectivity index (χ1) is 17.4. The molecular formula is C28H29N5O2S. The lowest BCUT2D eigenvalue weighted by Gasteiger charge is -2.28. The molecule has 1 saturated heterocycles. The van der Waals surface area contributed by atoms with Gasteiger partial charge >= 0.3 is 0 Å². The van der Waals surface area contributed by atoms with Gasteiger partial charge in [0, 0.05) is 30.2 Å². The second kappa shape index (κ2) is 11.7. The van der Waals surface area contributed by atoms with E-state index in [1.54, 1.807) is 26.0 Å². The number of aryl methyl sites for hydroxylation is 1. The minimum absolute atomic E-state index is 0.181. The highest BCUT2D eigenvalue weighted by molar-refractivity contribution is 8.00. The van der Waals surface area contributed by atoms with E-state index in [9.17, 15) is 14.9 Å². The van der Waals surface area contributed by atoms with Crippen LogP contribution in [0.25, 0.3) is 0 Å². The summed E-state index contributed by atoms with van der Waals surface area (Å²) in [7, 11) is 0. The van der Waals surface area contributed by atoms with Gasteiger partial charge in [-0.3, -0.25) is 9.59 Å². The Hall–Kier alpha value is -3.83. The molecule has 2 aromatic carbocycles. The number of nitrogens with one attached hydrogen (secondary N) is 2. The van der Waals surface area contributed by atoms with E-state index >= 15 is 0 Å². The van der Waals surface area contributed by atoms with Gasteiger partial charge in [-0.2, -0.15) is 5.26 Å². The van der Waals surface area contributed by atoms with Crippen LogP contribution in [0.3, 0.4) is 0 Å². The summed E-state index contributed by atoms with van der Waals surface area (Å²) in [5.41, 5.74) is 3.63. The maximum absolute atomic E-state index is 12.8. The SMILES string of the molecule is Cc1nc(SC(C)C(=O)Nc2ccc(N3CCCCC3)cc2)c(C#N)cc1C(=O)Nc1ccccc1. The van der Waals surface area contributed by atoms with Crippen molar-refractivity contribution in [1.82, 2.24) is 4.98 Å². The molecule has 1 aromatic heterocycles. The van der Waals surface area contributed by atoms with E-state index in [1.165, 1.54) is 42.8 Å². The van der Waals surface area contributed by atoms with Crippen LogP contribution in [0.2, 0.25) is 0 Å². The summed E-state index contributed by atoms with van der Waals surface area (Å²) < 4.78 is 0. The molecular weight excluding hydrogens is 470 g/mol. The number of nitriles is 1. The Morgan fingerprint density at radius 1 is 1.00 bits per heavy atom. The van der Waals surface area contributed by atoms with Crippen LogP contribution < -0.4 is 15.5 Å². The summed E-state index contributed by atoms with van der Waals surface area (Å²) in [6, 6.07) is 20.7. The normalized spacial score (nSPS) is 14.0. The van der Waals surface area contributed by atoms with Crippen LogP contribution in [-0.2, 0) is 4.79 Å². The molecule has 0 spiro atoms. The lowest BCUT2D eigenvalue weighted by molar-refractivity contribution is -0.115. The third-order valence-corrected chi connectivity index (χ3v) is 7.19. The van der Waals surface area contributed by atoms with Gasteiger partial charge in [-0.15, -0.1) is 0 Å². The van der Waals surface area contributed by atoms with Gasteiger partial charge in [0.1, 0.15) is 11.1 Å². The number of benzene rings is 2. The molecule has 8 heteroatoms. The van der Waals surface area contributed by atoms with Crippen molar-refractivity contribution in [2.75, 3.05) is 28.6 Å². The summed E-state index contributed by atoms with van der Waals surface area (Å²) in [5, 5.41) is 15.4. The summed E-state index contributed by atoms with van der Waals surface area (Å²) in [6.45, 7) is 5.63. The zero-order valence-corrected chi connectivity index (χ0v) is 21.3. The van der Waals surface area contributed by atoms with E-state index in [1.807, 2.05) is 42.5 Å². The number of hydrogen-bond acceptors (Lipinski definition) is 6. The smallest absolute Gasteiger partial charge is 0.257 e. The van der Waals surface area contributed by atoms with Crippen molar-refractivity contribution >= 4 is 40.6 Å². The van der Waals surface area contributed by atoms with Crippen LogP contribution in [0.1, 0.15) is 47.8 Å².